The number of fused-ring (bicyclic) bond motifs is 1. The summed E-state index contributed by atoms with van der Waals surface area (Å²) in [4.78, 5) is 17.4. The molecule has 1 amide bonds. The standard InChI is InChI=1S/C21H27N3O3S/c1-5-28(26,27)17-8-6-15(7-9-17)11-23-21(25)16-10-18-14(4)24-19(13(2)3)20(18)22-12-16/h6-10,12-14,19,24H,5,11H2,1-4H3,(H,23,25). The number of hydrogen-bond acceptors (Lipinski definition) is 5. The van der Waals surface area contributed by atoms with Gasteiger partial charge in [-0.3, -0.25) is 9.78 Å². The van der Waals surface area contributed by atoms with Crippen molar-refractivity contribution in [3.8, 4) is 0 Å². The lowest BCUT2D eigenvalue weighted by Gasteiger charge is -2.15. The Kier molecular flexibility index (Phi) is 5.86. The Morgan fingerprint density at radius 3 is 2.54 bits per heavy atom. The molecule has 28 heavy (non-hydrogen) atoms. The van der Waals surface area contributed by atoms with Gasteiger partial charge in [0.05, 0.1) is 27.9 Å². The lowest BCUT2D eigenvalue weighted by Crippen LogP contribution is -2.23. The number of hydrogen-bond donors (Lipinski definition) is 2. The number of sulfone groups is 1. The van der Waals surface area contributed by atoms with Gasteiger partial charge in [-0.1, -0.05) is 32.9 Å². The van der Waals surface area contributed by atoms with E-state index in [2.05, 4.69) is 36.4 Å². The van der Waals surface area contributed by atoms with E-state index in [0.717, 1.165) is 16.8 Å². The zero-order valence-corrected chi connectivity index (χ0v) is 17.5. The molecule has 2 aromatic rings. The maximum Gasteiger partial charge on any atom is 0.253 e. The molecule has 0 saturated heterocycles. The zero-order valence-electron chi connectivity index (χ0n) is 16.7. The van der Waals surface area contributed by atoms with Crippen molar-refractivity contribution in [2.45, 2.75) is 51.2 Å². The van der Waals surface area contributed by atoms with Gasteiger partial charge in [-0.15, -0.1) is 0 Å². The molecule has 0 bridgehead atoms. The van der Waals surface area contributed by atoms with E-state index in [4.69, 9.17) is 0 Å². The monoisotopic (exact) mass is 401 g/mol. The normalized spacial score (nSPS) is 18.9. The van der Waals surface area contributed by atoms with Crippen molar-refractivity contribution in [3.05, 3.63) is 58.9 Å². The van der Waals surface area contributed by atoms with Crippen LogP contribution in [0.3, 0.4) is 0 Å². The molecule has 1 aromatic heterocycles. The molecule has 2 unspecified atom stereocenters. The highest BCUT2D eigenvalue weighted by molar-refractivity contribution is 7.91. The summed E-state index contributed by atoms with van der Waals surface area (Å²) in [5.74, 6) is 0.301. The van der Waals surface area contributed by atoms with Crippen molar-refractivity contribution in [3.63, 3.8) is 0 Å². The first kappa shape index (κ1) is 20.5. The Morgan fingerprint density at radius 1 is 1.25 bits per heavy atom. The van der Waals surface area contributed by atoms with Gasteiger partial charge in [0.25, 0.3) is 5.91 Å². The van der Waals surface area contributed by atoms with Crippen LogP contribution in [-0.4, -0.2) is 25.1 Å². The lowest BCUT2D eigenvalue weighted by atomic mass is 9.99. The topological polar surface area (TPSA) is 88.2 Å². The molecule has 1 aromatic carbocycles. The molecule has 1 aliphatic rings. The Bertz CT molecular complexity index is 969. The van der Waals surface area contributed by atoms with Crippen LogP contribution in [0.2, 0.25) is 0 Å². The van der Waals surface area contributed by atoms with Crippen LogP contribution >= 0.6 is 0 Å². The summed E-state index contributed by atoms with van der Waals surface area (Å²) in [6.45, 7) is 8.33. The quantitative estimate of drug-likeness (QED) is 0.776. The molecule has 3 rings (SSSR count). The van der Waals surface area contributed by atoms with Gasteiger partial charge in [0.1, 0.15) is 0 Å². The molecule has 2 heterocycles. The van der Waals surface area contributed by atoms with Crippen molar-refractivity contribution in [1.82, 2.24) is 15.6 Å². The number of carbonyl (C=O) groups excluding carboxylic acids is 1. The van der Waals surface area contributed by atoms with Gasteiger partial charge in [0.15, 0.2) is 9.84 Å². The fourth-order valence-electron chi connectivity index (χ4n) is 3.44. The van der Waals surface area contributed by atoms with Gasteiger partial charge < -0.3 is 10.6 Å². The first-order valence-corrected chi connectivity index (χ1v) is 11.2. The fourth-order valence-corrected chi connectivity index (χ4v) is 4.32. The predicted octanol–water partition coefficient (Wildman–Crippen LogP) is 3.17. The van der Waals surface area contributed by atoms with E-state index in [1.54, 1.807) is 37.4 Å². The lowest BCUT2D eigenvalue weighted by molar-refractivity contribution is 0.0950. The molecule has 0 aliphatic carbocycles. The molecule has 0 spiro atoms. The minimum Gasteiger partial charge on any atom is -0.348 e. The van der Waals surface area contributed by atoms with Crippen LogP contribution in [0.4, 0.5) is 0 Å². The van der Waals surface area contributed by atoms with Gasteiger partial charge in [-0.25, -0.2) is 8.42 Å². The third-order valence-corrected chi connectivity index (χ3v) is 6.94. The predicted molar refractivity (Wildman–Crippen MR) is 109 cm³/mol. The van der Waals surface area contributed by atoms with E-state index < -0.39 is 9.84 Å². The number of nitrogens with one attached hydrogen (secondary N) is 2. The number of rotatable bonds is 6. The molecule has 6 nitrogen and oxygen atoms in total. The SMILES string of the molecule is CCS(=O)(=O)c1ccc(CNC(=O)c2cnc3c(c2)C(C)NC3C(C)C)cc1. The number of amides is 1. The Balaban J connectivity index is 1.68. The van der Waals surface area contributed by atoms with E-state index in [-0.39, 0.29) is 23.7 Å². The highest BCUT2D eigenvalue weighted by atomic mass is 32.2. The van der Waals surface area contributed by atoms with Gasteiger partial charge in [0.2, 0.25) is 0 Å². The Labute approximate surface area is 166 Å². The van der Waals surface area contributed by atoms with Crippen LogP contribution in [0.5, 0.6) is 0 Å². The summed E-state index contributed by atoms with van der Waals surface area (Å²) in [7, 11) is -3.21. The molecular weight excluding hydrogens is 374 g/mol. The molecular formula is C21H27N3O3S. The highest BCUT2D eigenvalue weighted by Crippen LogP contribution is 2.35. The molecule has 0 radical (unpaired) electrons. The number of aromatic nitrogens is 1. The second-order valence-electron chi connectivity index (χ2n) is 7.54. The first-order chi connectivity index (χ1) is 13.2. The first-order valence-electron chi connectivity index (χ1n) is 9.58. The van der Waals surface area contributed by atoms with Crippen LogP contribution < -0.4 is 10.6 Å². The van der Waals surface area contributed by atoms with Crippen molar-refractivity contribution in [2.75, 3.05) is 5.75 Å². The maximum atomic E-state index is 12.5. The van der Waals surface area contributed by atoms with E-state index >= 15 is 0 Å². The number of carbonyl (C=O) groups is 1. The number of benzene rings is 1. The Morgan fingerprint density at radius 2 is 1.93 bits per heavy atom. The molecule has 7 heteroatoms. The van der Waals surface area contributed by atoms with Crippen LogP contribution in [0.15, 0.2) is 41.4 Å². The summed E-state index contributed by atoms with van der Waals surface area (Å²) in [5.41, 5.74) is 3.46. The second kappa shape index (κ2) is 8.01. The van der Waals surface area contributed by atoms with Crippen molar-refractivity contribution >= 4 is 15.7 Å². The van der Waals surface area contributed by atoms with E-state index in [9.17, 15) is 13.2 Å². The van der Waals surface area contributed by atoms with Crippen molar-refractivity contribution in [2.24, 2.45) is 5.92 Å². The summed E-state index contributed by atoms with van der Waals surface area (Å²) in [6, 6.07) is 8.89. The minimum absolute atomic E-state index is 0.0688. The molecule has 2 atom stereocenters. The molecule has 0 fully saturated rings. The van der Waals surface area contributed by atoms with E-state index in [1.165, 1.54) is 0 Å². The average molecular weight is 402 g/mol. The third kappa shape index (κ3) is 4.10. The van der Waals surface area contributed by atoms with Gasteiger partial charge in [0, 0.05) is 18.8 Å². The smallest absolute Gasteiger partial charge is 0.253 e. The molecule has 1 aliphatic heterocycles. The summed E-state index contributed by atoms with van der Waals surface area (Å²) in [6.07, 6.45) is 1.63. The van der Waals surface area contributed by atoms with Crippen LogP contribution in [0, 0.1) is 5.92 Å². The highest BCUT2D eigenvalue weighted by Gasteiger charge is 2.31. The van der Waals surface area contributed by atoms with Gasteiger partial charge in [-0.2, -0.15) is 0 Å². The van der Waals surface area contributed by atoms with Gasteiger partial charge in [-0.05, 0) is 42.2 Å². The van der Waals surface area contributed by atoms with Gasteiger partial charge >= 0.3 is 0 Å². The number of nitrogens with zero attached hydrogens (tertiary/aromatic N) is 1. The largest absolute Gasteiger partial charge is 0.348 e. The number of pyridine rings is 1. The van der Waals surface area contributed by atoms with E-state index in [0.29, 0.717) is 22.9 Å². The fraction of sp³-hybridized carbons (Fsp3) is 0.429. The summed E-state index contributed by atoms with van der Waals surface area (Å²) < 4.78 is 23.7. The average Bonchev–Trinajstić information content (AvgIpc) is 3.03. The summed E-state index contributed by atoms with van der Waals surface area (Å²) in [5, 5.41) is 6.40. The molecule has 0 saturated carbocycles. The van der Waals surface area contributed by atoms with Crippen molar-refractivity contribution in [1.29, 1.82) is 0 Å². The van der Waals surface area contributed by atoms with Crippen molar-refractivity contribution < 1.29 is 13.2 Å². The maximum absolute atomic E-state index is 12.5. The minimum atomic E-state index is -3.21. The Hall–Kier alpha value is -2.25. The molecule has 2 N–H and O–H groups in total. The van der Waals surface area contributed by atoms with Crippen LogP contribution in [-0.2, 0) is 16.4 Å². The third-order valence-electron chi connectivity index (χ3n) is 5.18. The molecule has 150 valence electrons. The second-order valence-corrected chi connectivity index (χ2v) is 9.82. The summed E-state index contributed by atoms with van der Waals surface area (Å²) >= 11 is 0. The van der Waals surface area contributed by atoms with Crippen LogP contribution in [0.25, 0.3) is 0 Å². The van der Waals surface area contributed by atoms with E-state index in [1.807, 2.05) is 6.07 Å². The van der Waals surface area contributed by atoms with Crippen LogP contribution in [0.1, 0.15) is 67.0 Å². The zero-order chi connectivity index (χ0) is 20.5.